The number of fused-ring (bicyclic) bond motifs is 1. The number of carbonyl (C=O) groups is 2. The summed E-state index contributed by atoms with van der Waals surface area (Å²) >= 11 is 0. The summed E-state index contributed by atoms with van der Waals surface area (Å²) in [5, 5.41) is 5.68. The molecule has 6 nitrogen and oxygen atoms in total. The normalized spacial score (nSPS) is 12.6. The van der Waals surface area contributed by atoms with Gasteiger partial charge in [-0.1, -0.05) is 0 Å². The van der Waals surface area contributed by atoms with E-state index in [1.165, 1.54) is 0 Å². The third kappa shape index (κ3) is 3.96. The molecule has 1 heterocycles. The fourth-order valence-corrected chi connectivity index (χ4v) is 2.68. The summed E-state index contributed by atoms with van der Waals surface area (Å²) in [4.78, 5) is 24.6. The Bertz CT molecular complexity index is 828. The quantitative estimate of drug-likeness (QED) is 0.884. The first kappa shape index (κ1) is 17.8. The highest BCUT2D eigenvalue weighted by molar-refractivity contribution is 6.06. The first-order valence-electron chi connectivity index (χ1n) is 8.56. The summed E-state index contributed by atoms with van der Waals surface area (Å²) < 4.78 is 11.1. The number of carbonyl (C=O) groups excluding carboxylic acids is 2. The smallest absolute Gasteiger partial charge is 0.256 e. The fraction of sp³-hybridized carbons (Fsp3) is 0.300. The van der Waals surface area contributed by atoms with Crippen molar-refractivity contribution in [3.05, 3.63) is 53.1 Å². The van der Waals surface area contributed by atoms with E-state index < -0.39 is 0 Å². The van der Waals surface area contributed by atoms with Gasteiger partial charge in [-0.3, -0.25) is 9.59 Å². The maximum atomic E-state index is 12.6. The Morgan fingerprint density at radius 1 is 0.962 bits per heavy atom. The lowest BCUT2D eigenvalue weighted by Gasteiger charge is -2.20. The summed E-state index contributed by atoms with van der Waals surface area (Å²) in [6.45, 7) is 6.64. The van der Waals surface area contributed by atoms with Gasteiger partial charge < -0.3 is 20.1 Å². The van der Waals surface area contributed by atoms with Crippen LogP contribution in [-0.4, -0.2) is 31.1 Å². The lowest BCUT2D eigenvalue weighted by Crippen LogP contribution is -2.30. The molecule has 3 rings (SSSR count). The van der Waals surface area contributed by atoms with Crippen LogP contribution in [0.3, 0.4) is 0 Å². The van der Waals surface area contributed by atoms with Gasteiger partial charge in [0.15, 0.2) is 11.5 Å². The number of rotatable bonds is 4. The Hall–Kier alpha value is -3.02. The van der Waals surface area contributed by atoms with Gasteiger partial charge in [0.25, 0.3) is 11.8 Å². The van der Waals surface area contributed by atoms with E-state index in [1.807, 2.05) is 26.8 Å². The maximum absolute atomic E-state index is 12.6. The minimum Gasteiger partial charge on any atom is -0.486 e. The molecule has 0 aliphatic carbocycles. The largest absolute Gasteiger partial charge is 0.486 e. The SMILES string of the molecule is Cc1cc2c(cc1C(=O)Nc1ccc(C(=O)NC(C)C)cc1)OCCO2. The summed E-state index contributed by atoms with van der Waals surface area (Å²) in [5.41, 5.74) is 2.49. The second-order valence-electron chi connectivity index (χ2n) is 6.47. The number of hydrogen-bond donors (Lipinski definition) is 2. The molecule has 0 spiro atoms. The molecule has 2 aromatic rings. The molecule has 26 heavy (non-hydrogen) atoms. The van der Waals surface area contributed by atoms with Crippen molar-refractivity contribution >= 4 is 17.5 Å². The average molecular weight is 354 g/mol. The van der Waals surface area contributed by atoms with E-state index >= 15 is 0 Å². The van der Waals surface area contributed by atoms with Gasteiger partial charge in [0.2, 0.25) is 0 Å². The number of nitrogens with one attached hydrogen (secondary N) is 2. The second-order valence-corrected chi connectivity index (χ2v) is 6.47. The van der Waals surface area contributed by atoms with Gasteiger partial charge in [-0.05, 0) is 62.7 Å². The van der Waals surface area contributed by atoms with E-state index in [1.54, 1.807) is 30.3 Å². The maximum Gasteiger partial charge on any atom is 0.256 e. The molecule has 1 aliphatic heterocycles. The zero-order valence-corrected chi connectivity index (χ0v) is 15.1. The molecule has 0 bridgehead atoms. The van der Waals surface area contributed by atoms with Gasteiger partial charge in [0.1, 0.15) is 13.2 Å². The van der Waals surface area contributed by atoms with Crippen LogP contribution in [0.15, 0.2) is 36.4 Å². The Labute approximate surface area is 152 Å². The van der Waals surface area contributed by atoms with Gasteiger partial charge in [-0.2, -0.15) is 0 Å². The number of aryl methyl sites for hydroxylation is 1. The van der Waals surface area contributed by atoms with Gasteiger partial charge in [-0.25, -0.2) is 0 Å². The number of ether oxygens (including phenoxy) is 2. The second kappa shape index (κ2) is 7.47. The van der Waals surface area contributed by atoms with Gasteiger partial charge in [-0.15, -0.1) is 0 Å². The number of amides is 2. The van der Waals surface area contributed by atoms with Gasteiger partial charge in [0.05, 0.1) is 0 Å². The zero-order chi connectivity index (χ0) is 18.7. The number of benzene rings is 2. The molecule has 0 atom stereocenters. The molecule has 0 radical (unpaired) electrons. The van der Waals surface area contributed by atoms with Crippen LogP contribution in [0.2, 0.25) is 0 Å². The molecule has 0 unspecified atom stereocenters. The van der Waals surface area contributed by atoms with E-state index in [4.69, 9.17) is 9.47 Å². The van der Waals surface area contributed by atoms with Gasteiger partial charge in [0, 0.05) is 22.9 Å². The van der Waals surface area contributed by atoms with Crippen molar-refractivity contribution in [2.45, 2.75) is 26.8 Å². The predicted molar refractivity (Wildman–Crippen MR) is 99.2 cm³/mol. The third-order valence-electron chi connectivity index (χ3n) is 3.96. The monoisotopic (exact) mass is 354 g/mol. The predicted octanol–water partition coefficient (Wildman–Crippen LogP) is 3.16. The Kier molecular flexibility index (Phi) is 5.11. The van der Waals surface area contributed by atoms with Crippen LogP contribution in [0.4, 0.5) is 5.69 Å². The van der Waals surface area contributed by atoms with Crippen molar-refractivity contribution in [2.24, 2.45) is 0 Å². The van der Waals surface area contributed by atoms with Crippen LogP contribution in [0, 0.1) is 6.92 Å². The molecule has 0 saturated heterocycles. The highest BCUT2D eigenvalue weighted by atomic mass is 16.6. The van der Waals surface area contributed by atoms with Crippen LogP contribution < -0.4 is 20.1 Å². The van der Waals surface area contributed by atoms with E-state index in [9.17, 15) is 9.59 Å². The Morgan fingerprint density at radius 2 is 1.58 bits per heavy atom. The third-order valence-corrected chi connectivity index (χ3v) is 3.96. The van der Waals surface area contributed by atoms with Crippen LogP contribution >= 0.6 is 0 Å². The van der Waals surface area contributed by atoms with Crippen molar-refractivity contribution < 1.29 is 19.1 Å². The van der Waals surface area contributed by atoms with E-state index in [2.05, 4.69) is 10.6 Å². The lowest BCUT2D eigenvalue weighted by atomic mass is 10.1. The molecule has 2 aromatic carbocycles. The van der Waals surface area contributed by atoms with Crippen molar-refractivity contribution in [1.82, 2.24) is 5.32 Å². The van der Waals surface area contributed by atoms with Crippen molar-refractivity contribution in [3.8, 4) is 11.5 Å². The fourth-order valence-electron chi connectivity index (χ4n) is 2.68. The average Bonchev–Trinajstić information content (AvgIpc) is 2.61. The molecule has 2 N–H and O–H groups in total. The van der Waals surface area contributed by atoms with Crippen molar-refractivity contribution in [3.63, 3.8) is 0 Å². The van der Waals surface area contributed by atoms with Gasteiger partial charge >= 0.3 is 0 Å². The summed E-state index contributed by atoms with van der Waals surface area (Å²) in [6, 6.07) is 10.4. The van der Waals surface area contributed by atoms with E-state index in [0.717, 1.165) is 5.56 Å². The van der Waals surface area contributed by atoms with Crippen LogP contribution in [0.5, 0.6) is 11.5 Å². The lowest BCUT2D eigenvalue weighted by molar-refractivity contribution is 0.0942. The van der Waals surface area contributed by atoms with Crippen LogP contribution in [0.1, 0.15) is 40.1 Å². The molecule has 1 aliphatic rings. The summed E-state index contributed by atoms with van der Waals surface area (Å²) in [5.74, 6) is 0.859. The van der Waals surface area contributed by atoms with Crippen molar-refractivity contribution in [1.29, 1.82) is 0 Å². The van der Waals surface area contributed by atoms with E-state index in [-0.39, 0.29) is 17.9 Å². The van der Waals surface area contributed by atoms with Crippen molar-refractivity contribution in [2.75, 3.05) is 18.5 Å². The molecule has 6 heteroatoms. The topological polar surface area (TPSA) is 76.7 Å². The molecular formula is C20H22N2O4. The molecule has 136 valence electrons. The number of anilines is 1. The van der Waals surface area contributed by atoms with Crippen LogP contribution in [-0.2, 0) is 0 Å². The summed E-state index contributed by atoms with van der Waals surface area (Å²) in [7, 11) is 0. The molecule has 0 saturated carbocycles. The number of hydrogen-bond acceptors (Lipinski definition) is 4. The highest BCUT2D eigenvalue weighted by Crippen LogP contribution is 2.33. The van der Waals surface area contributed by atoms with E-state index in [0.29, 0.717) is 41.5 Å². The molecule has 2 amide bonds. The zero-order valence-electron chi connectivity index (χ0n) is 15.1. The molecule has 0 aromatic heterocycles. The Balaban J connectivity index is 1.73. The van der Waals surface area contributed by atoms with Crippen LogP contribution in [0.25, 0.3) is 0 Å². The summed E-state index contributed by atoms with van der Waals surface area (Å²) in [6.07, 6.45) is 0. The molecule has 0 fully saturated rings. The minimum absolute atomic E-state index is 0.0695. The first-order valence-corrected chi connectivity index (χ1v) is 8.56. The minimum atomic E-state index is -0.237. The highest BCUT2D eigenvalue weighted by Gasteiger charge is 2.18. The standard InChI is InChI=1S/C20H22N2O4/c1-12(2)21-19(23)14-4-6-15(7-5-14)22-20(24)16-11-18-17(10-13(16)3)25-8-9-26-18/h4-7,10-12H,8-9H2,1-3H3,(H,21,23)(H,22,24). The first-order chi connectivity index (χ1) is 12.4. The Morgan fingerprint density at radius 3 is 2.19 bits per heavy atom. The molecular weight excluding hydrogens is 332 g/mol.